The van der Waals surface area contributed by atoms with Crippen molar-refractivity contribution in [2.45, 2.75) is 0 Å². The first-order chi connectivity index (χ1) is 11.0. The van der Waals surface area contributed by atoms with E-state index < -0.39 is 5.91 Å². The van der Waals surface area contributed by atoms with E-state index in [1.165, 1.54) is 18.5 Å². The van der Waals surface area contributed by atoms with Crippen molar-refractivity contribution in [2.24, 2.45) is 0 Å². The van der Waals surface area contributed by atoms with Crippen molar-refractivity contribution in [1.29, 1.82) is 5.26 Å². The monoisotopic (exact) mass is 366 g/mol. The fraction of sp³-hybridized carbons (Fsp3) is 0. The maximum absolute atomic E-state index is 12.1. The summed E-state index contributed by atoms with van der Waals surface area (Å²) in [4.78, 5) is 16.1. The first-order valence-corrected chi connectivity index (χ1v) is 7.38. The number of nitrogens with zero attached hydrogens (tertiary/aromatic N) is 2. The number of pyridine rings is 1. The minimum Gasteiger partial charge on any atom is -0.345 e. The van der Waals surface area contributed by atoms with E-state index in [1.807, 2.05) is 0 Å². The SMILES string of the molecule is N#C/C(=C/Nc1cc(Cl)ccn1)C(=O)Nc1ccc(Cl)cc1Cl. The number of nitriles is 1. The van der Waals surface area contributed by atoms with E-state index in [0.717, 1.165) is 0 Å². The highest BCUT2D eigenvalue weighted by atomic mass is 35.5. The van der Waals surface area contributed by atoms with Gasteiger partial charge in [-0.1, -0.05) is 34.8 Å². The third-order valence-corrected chi connectivity index (χ3v) is 3.41. The molecule has 2 rings (SSSR count). The quantitative estimate of drug-likeness (QED) is 0.616. The molecule has 0 bridgehead atoms. The van der Waals surface area contributed by atoms with Crippen LogP contribution in [-0.2, 0) is 4.79 Å². The molecule has 0 fully saturated rings. The van der Waals surface area contributed by atoms with Crippen LogP contribution >= 0.6 is 34.8 Å². The van der Waals surface area contributed by atoms with Crippen LogP contribution in [0.3, 0.4) is 0 Å². The zero-order valence-corrected chi connectivity index (χ0v) is 13.7. The maximum atomic E-state index is 12.1. The smallest absolute Gasteiger partial charge is 0.267 e. The molecule has 5 nitrogen and oxygen atoms in total. The van der Waals surface area contributed by atoms with Gasteiger partial charge in [-0.2, -0.15) is 5.26 Å². The molecule has 2 aromatic rings. The van der Waals surface area contributed by atoms with E-state index in [0.29, 0.717) is 21.6 Å². The fourth-order valence-corrected chi connectivity index (χ4v) is 2.17. The molecule has 0 unspecified atom stereocenters. The van der Waals surface area contributed by atoms with Crippen molar-refractivity contribution in [2.75, 3.05) is 10.6 Å². The van der Waals surface area contributed by atoms with Crippen LogP contribution in [0.2, 0.25) is 15.1 Å². The lowest BCUT2D eigenvalue weighted by atomic mass is 10.2. The number of amides is 1. The Morgan fingerprint density at radius 2 is 1.91 bits per heavy atom. The van der Waals surface area contributed by atoms with Gasteiger partial charge in [-0.3, -0.25) is 4.79 Å². The number of aromatic nitrogens is 1. The predicted octanol–water partition coefficient (Wildman–Crippen LogP) is 4.50. The summed E-state index contributed by atoms with van der Waals surface area (Å²) in [6, 6.07) is 9.57. The van der Waals surface area contributed by atoms with Crippen molar-refractivity contribution in [3.05, 3.63) is 63.4 Å². The van der Waals surface area contributed by atoms with Gasteiger partial charge in [0.25, 0.3) is 5.91 Å². The highest BCUT2D eigenvalue weighted by Crippen LogP contribution is 2.25. The Bertz CT molecular complexity index is 815. The average Bonchev–Trinajstić information content (AvgIpc) is 2.51. The molecule has 0 aliphatic carbocycles. The van der Waals surface area contributed by atoms with Gasteiger partial charge in [0.05, 0.1) is 10.7 Å². The first-order valence-electron chi connectivity index (χ1n) is 6.24. The molecule has 0 saturated carbocycles. The lowest BCUT2D eigenvalue weighted by molar-refractivity contribution is -0.112. The van der Waals surface area contributed by atoms with Crippen LogP contribution in [0.15, 0.2) is 48.3 Å². The Morgan fingerprint density at radius 1 is 1.17 bits per heavy atom. The summed E-state index contributed by atoms with van der Waals surface area (Å²) in [7, 11) is 0. The van der Waals surface area contributed by atoms with E-state index in [4.69, 9.17) is 40.1 Å². The number of carbonyl (C=O) groups is 1. The molecule has 23 heavy (non-hydrogen) atoms. The third-order valence-electron chi connectivity index (χ3n) is 2.63. The lowest BCUT2D eigenvalue weighted by Crippen LogP contribution is -2.15. The van der Waals surface area contributed by atoms with E-state index in [-0.39, 0.29) is 10.6 Å². The molecule has 1 heterocycles. The molecule has 2 N–H and O–H groups in total. The second-order valence-corrected chi connectivity index (χ2v) is 5.53. The normalized spacial score (nSPS) is 10.8. The number of hydrogen-bond acceptors (Lipinski definition) is 4. The highest BCUT2D eigenvalue weighted by Gasteiger charge is 2.11. The molecular formula is C15H9Cl3N4O. The largest absolute Gasteiger partial charge is 0.345 e. The number of rotatable bonds is 4. The topological polar surface area (TPSA) is 77.8 Å². The number of nitrogens with one attached hydrogen (secondary N) is 2. The van der Waals surface area contributed by atoms with Gasteiger partial charge in [-0.05, 0) is 30.3 Å². The van der Waals surface area contributed by atoms with Gasteiger partial charge < -0.3 is 10.6 Å². The molecule has 0 radical (unpaired) electrons. The summed E-state index contributed by atoms with van der Waals surface area (Å²) >= 11 is 17.6. The van der Waals surface area contributed by atoms with Crippen LogP contribution < -0.4 is 10.6 Å². The summed E-state index contributed by atoms with van der Waals surface area (Å²) in [6.07, 6.45) is 2.73. The minimum absolute atomic E-state index is 0.155. The van der Waals surface area contributed by atoms with Gasteiger partial charge in [-0.25, -0.2) is 4.98 Å². The van der Waals surface area contributed by atoms with Crippen LogP contribution in [0.25, 0.3) is 0 Å². The minimum atomic E-state index is -0.619. The van der Waals surface area contributed by atoms with Crippen molar-refractivity contribution in [1.82, 2.24) is 4.98 Å². The Morgan fingerprint density at radius 3 is 2.57 bits per heavy atom. The Kier molecular flexibility index (Phi) is 5.83. The van der Waals surface area contributed by atoms with Gasteiger partial charge in [0.15, 0.2) is 0 Å². The Hall–Kier alpha value is -2.26. The van der Waals surface area contributed by atoms with E-state index in [9.17, 15) is 4.79 Å². The number of halogens is 3. The predicted molar refractivity (Wildman–Crippen MR) is 91.7 cm³/mol. The summed E-state index contributed by atoms with van der Waals surface area (Å²) in [5, 5.41) is 15.6. The summed E-state index contributed by atoms with van der Waals surface area (Å²) in [5.74, 6) is -0.214. The number of anilines is 2. The average molecular weight is 368 g/mol. The van der Waals surface area contributed by atoms with Gasteiger partial charge in [0.1, 0.15) is 17.5 Å². The van der Waals surface area contributed by atoms with Gasteiger partial charge in [-0.15, -0.1) is 0 Å². The van der Waals surface area contributed by atoms with E-state index >= 15 is 0 Å². The molecule has 1 aromatic carbocycles. The molecule has 0 aliphatic rings. The molecule has 1 amide bonds. The van der Waals surface area contributed by atoms with E-state index in [2.05, 4.69) is 15.6 Å². The zero-order valence-electron chi connectivity index (χ0n) is 11.5. The van der Waals surface area contributed by atoms with Gasteiger partial charge in [0, 0.05) is 22.4 Å². The molecule has 0 saturated heterocycles. The number of benzene rings is 1. The van der Waals surface area contributed by atoms with Crippen LogP contribution in [-0.4, -0.2) is 10.9 Å². The second-order valence-electron chi connectivity index (χ2n) is 4.25. The molecule has 0 atom stereocenters. The summed E-state index contributed by atoms with van der Waals surface area (Å²) in [5.41, 5.74) is 0.195. The molecular weight excluding hydrogens is 359 g/mol. The maximum Gasteiger partial charge on any atom is 0.267 e. The van der Waals surface area contributed by atoms with Crippen LogP contribution in [0.5, 0.6) is 0 Å². The van der Waals surface area contributed by atoms with Gasteiger partial charge in [0.2, 0.25) is 0 Å². The number of hydrogen-bond donors (Lipinski definition) is 2. The highest BCUT2D eigenvalue weighted by molar-refractivity contribution is 6.36. The van der Waals surface area contributed by atoms with Crippen molar-refractivity contribution in [3.63, 3.8) is 0 Å². The van der Waals surface area contributed by atoms with E-state index in [1.54, 1.807) is 30.3 Å². The van der Waals surface area contributed by atoms with Gasteiger partial charge >= 0.3 is 0 Å². The third kappa shape index (κ3) is 4.86. The molecule has 8 heteroatoms. The number of carbonyl (C=O) groups excluding carboxylic acids is 1. The fourth-order valence-electron chi connectivity index (χ4n) is 1.56. The van der Waals surface area contributed by atoms with Crippen molar-refractivity contribution < 1.29 is 4.79 Å². The van der Waals surface area contributed by atoms with Crippen molar-refractivity contribution >= 4 is 52.2 Å². The summed E-state index contributed by atoms with van der Waals surface area (Å²) in [6.45, 7) is 0. The molecule has 1 aromatic heterocycles. The van der Waals surface area contributed by atoms with Crippen LogP contribution in [0.4, 0.5) is 11.5 Å². The molecule has 0 spiro atoms. The van der Waals surface area contributed by atoms with Crippen LogP contribution in [0.1, 0.15) is 0 Å². The first kappa shape index (κ1) is 17.1. The zero-order chi connectivity index (χ0) is 16.8. The summed E-state index contributed by atoms with van der Waals surface area (Å²) < 4.78 is 0. The Labute approximate surface area is 147 Å². The van der Waals surface area contributed by atoms with Crippen LogP contribution in [0, 0.1) is 11.3 Å². The lowest BCUT2D eigenvalue weighted by Gasteiger charge is -2.07. The van der Waals surface area contributed by atoms with Crippen molar-refractivity contribution in [3.8, 4) is 6.07 Å². The second kappa shape index (κ2) is 7.84. The molecule has 0 aliphatic heterocycles. The molecule has 116 valence electrons. The Balaban J connectivity index is 2.12. The standard InChI is InChI=1S/C15H9Cl3N4O/c16-10-1-2-13(12(18)5-10)22-15(23)9(7-19)8-21-14-6-11(17)3-4-20-14/h1-6,8H,(H,20,21)(H,22,23)/b9-8-.